The van der Waals surface area contributed by atoms with E-state index in [-0.39, 0.29) is 12.0 Å². The molecule has 0 aromatic heterocycles. The maximum Gasteiger partial charge on any atom is 0.345 e. The van der Waals surface area contributed by atoms with Crippen LogP contribution in [0, 0.1) is 6.92 Å². The molecule has 1 N–H and O–H groups in total. The second-order valence-corrected chi connectivity index (χ2v) is 6.36. The summed E-state index contributed by atoms with van der Waals surface area (Å²) >= 11 is 0. The number of aryl methyl sites for hydroxylation is 1. The quantitative estimate of drug-likeness (QED) is 0.669. The van der Waals surface area contributed by atoms with Gasteiger partial charge in [-0.3, -0.25) is 0 Å². The van der Waals surface area contributed by atoms with Gasteiger partial charge in [-0.1, -0.05) is 42.5 Å². The van der Waals surface area contributed by atoms with E-state index in [1.54, 1.807) is 12.1 Å². The van der Waals surface area contributed by atoms with Gasteiger partial charge in [-0.15, -0.1) is 0 Å². The van der Waals surface area contributed by atoms with Crippen molar-refractivity contribution in [2.45, 2.75) is 19.4 Å². The third kappa shape index (κ3) is 4.44. The molecule has 1 atom stereocenters. The van der Waals surface area contributed by atoms with E-state index in [2.05, 4.69) is 0 Å². The first-order chi connectivity index (χ1) is 13.0. The van der Waals surface area contributed by atoms with E-state index < -0.39 is 18.0 Å². The van der Waals surface area contributed by atoms with Crippen molar-refractivity contribution in [1.29, 1.82) is 0 Å². The minimum absolute atomic E-state index is 0.0921. The average molecular weight is 364 g/mol. The predicted octanol–water partition coefficient (Wildman–Crippen LogP) is 4.01. The summed E-state index contributed by atoms with van der Waals surface area (Å²) in [5.41, 5.74) is 1.87. The number of carbonyl (C=O) groups is 2. The molecule has 0 unspecified atom stereocenters. The SMILES string of the molecule is COc1cc(C)cc(C(=O)O[C@H](Cc2ccc3ccccc3c2)C(=O)O)c1. The van der Waals surface area contributed by atoms with E-state index in [1.165, 1.54) is 13.2 Å². The Morgan fingerprint density at radius 3 is 2.44 bits per heavy atom. The van der Waals surface area contributed by atoms with E-state index in [0.717, 1.165) is 21.9 Å². The van der Waals surface area contributed by atoms with Crippen molar-refractivity contribution < 1.29 is 24.2 Å². The number of aliphatic carboxylic acids is 1. The van der Waals surface area contributed by atoms with Gasteiger partial charge < -0.3 is 14.6 Å². The van der Waals surface area contributed by atoms with E-state index in [0.29, 0.717) is 5.75 Å². The lowest BCUT2D eigenvalue weighted by Crippen LogP contribution is -2.29. The van der Waals surface area contributed by atoms with Crippen molar-refractivity contribution in [2.24, 2.45) is 0 Å². The van der Waals surface area contributed by atoms with Gasteiger partial charge in [0.2, 0.25) is 6.10 Å². The van der Waals surface area contributed by atoms with Crippen LogP contribution in [0.25, 0.3) is 10.8 Å². The second-order valence-electron chi connectivity index (χ2n) is 6.36. The molecule has 0 aliphatic carbocycles. The number of hydrogen-bond donors (Lipinski definition) is 1. The third-order valence-corrected chi connectivity index (χ3v) is 4.28. The molecule has 0 aliphatic heterocycles. The van der Waals surface area contributed by atoms with Gasteiger partial charge in [0.05, 0.1) is 12.7 Å². The molecular weight excluding hydrogens is 344 g/mol. The van der Waals surface area contributed by atoms with Crippen LogP contribution in [0.3, 0.4) is 0 Å². The average Bonchev–Trinajstić information content (AvgIpc) is 2.66. The Balaban J connectivity index is 1.80. The maximum atomic E-state index is 12.4. The van der Waals surface area contributed by atoms with Crippen LogP contribution >= 0.6 is 0 Å². The van der Waals surface area contributed by atoms with Crippen LogP contribution in [0.15, 0.2) is 60.7 Å². The number of carbonyl (C=O) groups excluding carboxylic acids is 1. The Bertz CT molecular complexity index is 993. The van der Waals surface area contributed by atoms with Gasteiger partial charge >= 0.3 is 11.9 Å². The summed E-state index contributed by atoms with van der Waals surface area (Å²) in [4.78, 5) is 24.1. The Morgan fingerprint density at radius 1 is 1.00 bits per heavy atom. The molecule has 5 heteroatoms. The van der Waals surface area contributed by atoms with Gasteiger partial charge in [0.25, 0.3) is 0 Å². The highest BCUT2D eigenvalue weighted by molar-refractivity contribution is 5.92. The summed E-state index contributed by atoms with van der Waals surface area (Å²) in [5.74, 6) is -1.36. The number of benzene rings is 3. The molecular formula is C22H20O5. The molecule has 27 heavy (non-hydrogen) atoms. The lowest BCUT2D eigenvalue weighted by molar-refractivity contribution is -0.147. The Hall–Kier alpha value is -3.34. The zero-order valence-electron chi connectivity index (χ0n) is 15.1. The minimum atomic E-state index is -1.27. The summed E-state index contributed by atoms with van der Waals surface area (Å²) in [5, 5.41) is 11.6. The summed E-state index contributed by atoms with van der Waals surface area (Å²) < 4.78 is 10.4. The molecule has 3 rings (SSSR count). The summed E-state index contributed by atoms with van der Waals surface area (Å²) in [6.45, 7) is 1.82. The van der Waals surface area contributed by atoms with Gasteiger partial charge in [-0.25, -0.2) is 9.59 Å². The zero-order valence-corrected chi connectivity index (χ0v) is 15.1. The fourth-order valence-electron chi connectivity index (χ4n) is 2.94. The first-order valence-corrected chi connectivity index (χ1v) is 8.53. The molecule has 0 amide bonds. The fraction of sp³-hybridized carbons (Fsp3) is 0.182. The predicted molar refractivity (Wildman–Crippen MR) is 102 cm³/mol. The smallest absolute Gasteiger partial charge is 0.345 e. The molecule has 0 spiro atoms. The van der Waals surface area contributed by atoms with Crippen molar-refractivity contribution in [3.05, 3.63) is 77.4 Å². The summed E-state index contributed by atoms with van der Waals surface area (Å²) in [7, 11) is 1.50. The van der Waals surface area contributed by atoms with Gasteiger partial charge in [0, 0.05) is 6.42 Å². The number of esters is 1. The summed E-state index contributed by atoms with van der Waals surface area (Å²) in [6, 6.07) is 18.4. The van der Waals surface area contributed by atoms with Crippen LogP contribution in [0.4, 0.5) is 0 Å². The highest BCUT2D eigenvalue weighted by Crippen LogP contribution is 2.20. The maximum absolute atomic E-state index is 12.4. The lowest BCUT2D eigenvalue weighted by atomic mass is 10.0. The van der Waals surface area contributed by atoms with Crippen molar-refractivity contribution in [3.8, 4) is 5.75 Å². The van der Waals surface area contributed by atoms with Crippen LogP contribution in [0.5, 0.6) is 5.75 Å². The highest BCUT2D eigenvalue weighted by atomic mass is 16.6. The number of hydrogen-bond acceptors (Lipinski definition) is 4. The number of carboxylic acids is 1. The van der Waals surface area contributed by atoms with Crippen LogP contribution in [0.2, 0.25) is 0 Å². The van der Waals surface area contributed by atoms with Crippen LogP contribution < -0.4 is 4.74 Å². The molecule has 5 nitrogen and oxygen atoms in total. The Kier molecular flexibility index (Phi) is 5.41. The number of fused-ring (bicyclic) bond motifs is 1. The molecule has 0 bridgehead atoms. The number of methoxy groups -OCH3 is 1. The van der Waals surface area contributed by atoms with Gasteiger partial charge in [-0.05, 0) is 47.0 Å². The largest absolute Gasteiger partial charge is 0.497 e. The second kappa shape index (κ2) is 7.91. The number of rotatable bonds is 6. The standard InChI is InChI=1S/C22H20O5/c1-14-9-18(13-19(10-14)26-2)22(25)27-20(21(23)24)12-15-7-8-16-5-3-4-6-17(16)11-15/h3-11,13,20H,12H2,1-2H3,(H,23,24)/t20-/m1/s1. The molecule has 0 aliphatic rings. The third-order valence-electron chi connectivity index (χ3n) is 4.28. The van der Waals surface area contributed by atoms with Crippen LogP contribution in [0.1, 0.15) is 21.5 Å². The molecule has 0 radical (unpaired) electrons. The van der Waals surface area contributed by atoms with Gasteiger partial charge in [-0.2, -0.15) is 0 Å². The number of carboxylic acid groups (broad SMARTS) is 1. The molecule has 3 aromatic carbocycles. The van der Waals surface area contributed by atoms with E-state index >= 15 is 0 Å². The van der Waals surface area contributed by atoms with Crippen molar-refractivity contribution in [2.75, 3.05) is 7.11 Å². The minimum Gasteiger partial charge on any atom is -0.497 e. The fourth-order valence-corrected chi connectivity index (χ4v) is 2.94. The van der Waals surface area contributed by atoms with E-state index in [9.17, 15) is 14.7 Å². The molecule has 0 fully saturated rings. The summed E-state index contributed by atoms with van der Waals surface area (Å²) in [6.07, 6.45) is -1.18. The first kappa shape index (κ1) is 18.5. The normalized spacial score (nSPS) is 11.8. The van der Waals surface area contributed by atoms with E-state index in [1.807, 2.05) is 49.4 Å². The van der Waals surface area contributed by atoms with E-state index in [4.69, 9.17) is 9.47 Å². The monoisotopic (exact) mass is 364 g/mol. The molecule has 0 saturated heterocycles. The highest BCUT2D eigenvalue weighted by Gasteiger charge is 2.24. The Labute approximate surface area is 157 Å². The van der Waals surface area contributed by atoms with Crippen molar-refractivity contribution >= 4 is 22.7 Å². The number of ether oxygens (including phenoxy) is 2. The molecule has 138 valence electrons. The molecule has 0 saturated carbocycles. The van der Waals surface area contributed by atoms with Gasteiger partial charge in [0.15, 0.2) is 0 Å². The zero-order chi connectivity index (χ0) is 19.4. The lowest BCUT2D eigenvalue weighted by Gasteiger charge is -2.15. The first-order valence-electron chi connectivity index (χ1n) is 8.53. The van der Waals surface area contributed by atoms with Crippen molar-refractivity contribution in [1.82, 2.24) is 0 Å². The van der Waals surface area contributed by atoms with Crippen LogP contribution in [-0.2, 0) is 16.0 Å². The molecule has 0 heterocycles. The topological polar surface area (TPSA) is 72.8 Å². The molecule has 3 aromatic rings. The van der Waals surface area contributed by atoms with Gasteiger partial charge in [0.1, 0.15) is 5.75 Å². The van der Waals surface area contributed by atoms with Crippen LogP contribution in [-0.4, -0.2) is 30.3 Å². The Morgan fingerprint density at radius 2 is 1.74 bits per heavy atom. The van der Waals surface area contributed by atoms with Crippen molar-refractivity contribution in [3.63, 3.8) is 0 Å².